The van der Waals surface area contributed by atoms with Crippen molar-refractivity contribution in [3.05, 3.63) is 92.4 Å². The van der Waals surface area contributed by atoms with E-state index in [1.54, 1.807) is 0 Å². The van der Waals surface area contributed by atoms with Crippen LogP contribution in [0.5, 0.6) is 5.75 Å². The molecule has 0 aliphatic carbocycles. The summed E-state index contributed by atoms with van der Waals surface area (Å²) in [6.45, 7) is 5.47. The Balaban J connectivity index is 1.64. The molecule has 3 rings (SSSR count). The Labute approximate surface area is 168 Å². The van der Waals surface area contributed by atoms with E-state index >= 15 is 0 Å². The van der Waals surface area contributed by atoms with E-state index in [-0.39, 0.29) is 0 Å². The van der Waals surface area contributed by atoms with Crippen LogP contribution in [-0.2, 0) is 13.2 Å². The van der Waals surface area contributed by atoms with Crippen molar-refractivity contribution in [3.63, 3.8) is 0 Å². The highest BCUT2D eigenvalue weighted by atomic mass is 79.9. The summed E-state index contributed by atoms with van der Waals surface area (Å²) in [5.74, 6) is 0.806. The lowest BCUT2D eigenvalue weighted by molar-refractivity contribution is 0.304. The van der Waals surface area contributed by atoms with Crippen LogP contribution in [0, 0.1) is 13.8 Å². The Bertz CT molecular complexity index is 910. The second-order valence-electron chi connectivity index (χ2n) is 6.25. The molecule has 0 saturated heterocycles. The first-order valence-electron chi connectivity index (χ1n) is 8.49. The maximum Gasteiger partial charge on any atom is 0.134 e. The average molecular weight is 431 g/mol. The first-order valence-corrected chi connectivity index (χ1v) is 9.66. The largest absolute Gasteiger partial charge is 0.488 e. The summed E-state index contributed by atoms with van der Waals surface area (Å²) < 4.78 is 6.84. The smallest absolute Gasteiger partial charge is 0.134 e. The number of rotatable bonds is 6. The number of nitrogens with one attached hydrogen (secondary N) is 1. The number of ether oxygens (including phenoxy) is 1. The van der Waals surface area contributed by atoms with Crippen LogP contribution in [0.15, 0.2) is 65.1 Å². The molecule has 3 aromatic carbocycles. The molecule has 0 heterocycles. The Morgan fingerprint density at radius 3 is 2.58 bits per heavy atom. The molecule has 3 aromatic rings. The van der Waals surface area contributed by atoms with Gasteiger partial charge >= 0.3 is 0 Å². The minimum absolute atomic E-state index is 0.443. The quantitative estimate of drug-likeness (QED) is 0.458. The third-order valence-corrected chi connectivity index (χ3v) is 5.41. The number of aryl methyl sites for hydroxylation is 1. The predicted molar refractivity (Wildman–Crippen MR) is 113 cm³/mol. The van der Waals surface area contributed by atoms with Crippen LogP contribution in [0.2, 0.25) is 5.02 Å². The van der Waals surface area contributed by atoms with Gasteiger partial charge in [0.05, 0.1) is 4.47 Å². The third-order valence-electron chi connectivity index (χ3n) is 4.42. The van der Waals surface area contributed by atoms with E-state index in [2.05, 4.69) is 65.4 Å². The van der Waals surface area contributed by atoms with Crippen molar-refractivity contribution in [1.29, 1.82) is 0 Å². The molecule has 2 nitrogen and oxygen atoms in total. The molecule has 0 bridgehead atoms. The zero-order chi connectivity index (χ0) is 18.5. The molecule has 0 aliphatic rings. The predicted octanol–water partition coefficient (Wildman–Crippen LogP) is 6.91. The summed E-state index contributed by atoms with van der Waals surface area (Å²) >= 11 is 9.78. The number of hydrogen-bond acceptors (Lipinski definition) is 2. The molecular formula is C22H21BrClNO. The Kier molecular flexibility index (Phi) is 6.23. The fourth-order valence-electron chi connectivity index (χ4n) is 2.68. The molecule has 26 heavy (non-hydrogen) atoms. The van der Waals surface area contributed by atoms with Gasteiger partial charge in [0.1, 0.15) is 12.4 Å². The molecule has 134 valence electrons. The van der Waals surface area contributed by atoms with Crippen LogP contribution >= 0.6 is 27.5 Å². The van der Waals surface area contributed by atoms with Gasteiger partial charge in [-0.25, -0.2) is 0 Å². The highest BCUT2D eigenvalue weighted by Gasteiger charge is 2.06. The van der Waals surface area contributed by atoms with Crippen molar-refractivity contribution >= 4 is 33.2 Å². The Morgan fingerprint density at radius 1 is 1.00 bits per heavy atom. The molecule has 0 aromatic heterocycles. The van der Waals surface area contributed by atoms with Crippen molar-refractivity contribution < 1.29 is 4.74 Å². The molecule has 0 unspecified atom stereocenters. The summed E-state index contributed by atoms with van der Waals surface area (Å²) in [5, 5.41) is 4.22. The number of benzene rings is 3. The maximum atomic E-state index is 6.18. The summed E-state index contributed by atoms with van der Waals surface area (Å²) in [6, 6.07) is 20.2. The highest BCUT2D eigenvalue weighted by molar-refractivity contribution is 9.10. The fourth-order valence-corrected chi connectivity index (χ4v) is 3.41. The van der Waals surface area contributed by atoms with Gasteiger partial charge in [-0.2, -0.15) is 0 Å². The minimum Gasteiger partial charge on any atom is -0.488 e. The van der Waals surface area contributed by atoms with Gasteiger partial charge in [0.2, 0.25) is 0 Å². The van der Waals surface area contributed by atoms with E-state index in [0.717, 1.165) is 27.4 Å². The standard InChI is InChI=1S/C22H21BrClNO/c1-15-6-5-9-21(16(15)2)25-13-17-10-11-22(19(23)12-17)26-14-18-7-3-4-8-20(18)24/h3-12,25H,13-14H2,1-2H3. The van der Waals surface area contributed by atoms with Crippen LogP contribution in [0.1, 0.15) is 22.3 Å². The summed E-state index contributed by atoms with van der Waals surface area (Å²) in [6.07, 6.45) is 0. The summed E-state index contributed by atoms with van der Waals surface area (Å²) in [4.78, 5) is 0. The van der Waals surface area contributed by atoms with Crippen LogP contribution in [0.3, 0.4) is 0 Å². The molecular weight excluding hydrogens is 410 g/mol. The molecule has 0 atom stereocenters. The van der Waals surface area contributed by atoms with Gasteiger partial charge in [-0.3, -0.25) is 0 Å². The Morgan fingerprint density at radius 2 is 1.81 bits per heavy atom. The van der Waals surface area contributed by atoms with Crippen LogP contribution in [0.4, 0.5) is 5.69 Å². The van der Waals surface area contributed by atoms with Crippen molar-refractivity contribution in [2.75, 3.05) is 5.32 Å². The van der Waals surface area contributed by atoms with Crippen molar-refractivity contribution in [2.45, 2.75) is 27.0 Å². The SMILES string of the molecule is Cc1cccc(NCc2ccc(OCc3ccccc3Cl)c(Br)c2)c1C. The van der Waals surface area contributed by atoms with E-state index in [9.17, 15) is 0 Å². The second-order valence-corrected chi connectivity index (χ2v) is 7.51. The first-order chi connectivity index (χ1) is 12.5. The molecule has 0 saturated carbocycles. The normalized spacial score (nSPS) is 10.6. The van der Waals surface area contributed by atoms with Gasteiger partial charge in [-0.05, 0) is 70.7 Å². The van der Waals surface area contributed by atoms with E-state index in [4.69, 9.17) is 16.3 Å². The molecule has 0 spiro atoms. The zero-order valence-electron chi connectivity index (χ0n) is 14.9. The van der Waals surface area contributed by atoms with Gasteiger partial charge in [-0.1, -0.05) is 48.0 Å². The summed E-state index contributed by atoms with van der Waals surface area (Å²) in [5.41, 5.74) is 5.90. The number of anilines is 1. The lowest BCUT2D eigenvalue weighted by Crippen LogP contribution is -2.02. The van der Waals surface area contributed by atoms with Gasteiger partial charge in [0, 0.05) is 22.8 Å². The van der Waals surface area contributed by atoms with E-state index in [1.165, 1.54) is 22.4 Å². The van der Waals surface area contributed by atoms with Crippen LogP contribution in [-0.4, -0.2) is 0 Å². The topological polar surface area (TPSA) is 21.3 Å². The minimum atomic E-state index is 0.443. The average Bonchev–Trinajstić information content (AvgIpc) is 2.63. The molecule has 0 radical (unpaired) electrons. The van der Waals surface area contributed by atoms with Gasteiger partial charge in [-0.15, -0.1) is 0 Å². The lowest BCUT2D eigenvalue weighted by atomic mass is 10.1. The number of halogens is 2. The van der Waals surface area contributed by atoms with Crippen molar-refractivity contribution in [1.82, 2.24) is 0 Å². The highest BCUT2D eigenvalue weighted by Crippen LogP contribution is 2.28. The molecule has 4 heteroatoms. The van der Waals surface area contributed by atoms with Gasteiger partial charge < -0.3 is 10.1 Å². The molecule has 1 N–H and O–H groups in total. The van der Waals surface area contributed by atoms with E-state index < -0.39 is 0 Å². The van der Waals surface area contributed by atoms with E-state index in [0.29, 0.717) is 6.61 Å². The lowest BCUT2D eigenvalue weighted by Gasteiger charge is -2.13. The fraction of sp³-hybridized carbons (Fsp3) is 0.182. The van der Waals surface area contributed by atoms with Crippen LogP contribution in [0.25, 0.3) is 0 Å². The molecule has 0 amide bonds. The maximum absolute atomic E-state index is 6.18. The van der Waals surface area contributed by atoms with Gasteiger partial charge in [0.15, 0.2) is 0 Å². The van der Waals surface area contributed by atoms with Crippen LogP contribution < -0.4 is 10.1 Å². The number of hydrogen-bond donors (Lipinski definition) is 1. The van der Waals surface area contributed by atoms with E-state index in [1.807, 2.05) is 30.3 Å². The third kappa shape index (κ3) is 4.60. The zero-order valence-corrected chi connectivity index (χ0v) is 17.2. The molecule has 0 fully saturated rings. The summed E-state index contributed by atoms with van der Waals surface area (Å²) in [7, 11) is 0. The monoisotopic (exact) mass is 429 g/mol. The van der Waals surface area contributed by atoms with Crippen molar-refractivity contribution in [2.24, 2.45) is 0 Å². The first kappa shape index (κ1) is 18.8. The Hall–Kier alpha value is -1.97. The van der Waals surface area contributed by atoms with Gasteiger partial charge in [0.25, 0.3) is 0 Å². The molecule has 0 aliphatic heterocycles. The second kappa shape index (κ2) is 8.61. The van der Waals surface area contributed by atoms with Crippen molar-refractivity contribution in [3.8, 4) is 5.75 Å².